The summed E-state index contributed by atoms with van der Waals surface area (Å²) in [5.41, 5.74) is 1.43. The van der Waals surface area contributed by atoms with Crippen LogP contribution in [0.5, 0.6) is 5.75 Å². The van der Waals surface area contributed by atoms with E-state index in [4.69, 9.17) is 9.15 Å². The van der Waals surface area contributed by atoms with Gasteiger partial charge in [-0.15, -0.1) is 5.10 Å². The second-order valence-electron chi connectivity index (χ2n) is 6.81. The van der Waals surface area contributed by atoms with Crippen LogP contribution < -0.4 is 4.74 Å². The van der Waals surface area contributed by atoms with Crippen molar-refractivity contribution in [1.29, 1.82) is 0 Å². The Morgan fingerprint density at radius 1 is 1.29 bits per heavy atom. The number of amides is 1. The molecule has 1 atom stereocenters. The number of carbonyl (C=O) groups is 1. The number of likely N-dealkylation sites (tertiary alicyclic amines) is 1. The van der Waals surface area contributed by atoms with Crippen LogP contribution in [0.2, 0.25) is 0 Å². The van der Waals surface area contributed by atoms with Gasteiger partial charge in [0.1, 0.15) is 17.6 Å². The van der Waals surface area contributed by atoms with Crippen molar-refractivity contribution in [3.63, 3.8) is 0 Å². The van der Waals surface area contributed by atoms with Crippen molar-refractivity contribution in [2.75, 3.05) is 13.7 Å². The summed E-state index contributed by atoms with van der Waals surface area (Å²) in [7, 11) is 1.65. The minimum atomic E-state index is -0.178. The summed E-state index contributed by atoms with van der Waals surface area (Å²) in [5, 5.41) is 7.77. The number of carbonyl (C=O) groups excluding carboxylic acids is 1. The molecule has 2 aromatic heterocycles. The normalized spacial score (nSPS) is 16.8. The molecule has 1 amide bonds. The first-order valence-electron chi connectivity index (χ1n) is 9.41. The maximum atomic E-state index is 12.9. The maximum Gasteiger partial charge on any atom is 0.275 e. The van der Waals surface area contributed by atoms with Gasteiger partial charge in [0.05, 0.1) is 13.3 Å². The van der Waals surface area contributed by atoms with E-state index in [9.17, 15) is 4.79 Å². The minimum absolute atomic E-state index is 0.134. The van der Waals surface area contributed by atoms with Crippen molar-refractivity contribution >= 4 is 5.91 Å². The molecule has 144 valence electrons. The van der Waals surface area contributed by atoms with E-state index in [-0.39, 0.29) is 11.9 Å². The van der Waals surface area contributed by atoms with E-state index >= 15 is 0 Å². The Bertz CT molecular complexity index is 942. The number of piperidine rings is 1. The van der Waals surface area contributed by atoms with E-state index in [0.717, 1.165) is 36.3 Å². The predicted molar refractivity (Wildman–Crippen MR) is 102 cm³/mol. The number of hydrogen-bond donors (Lipinski definition) is 0. The zero-order valence-electron chi connectivity index (χ0n) is 15.7. The average Bonchev–Trinajstić information content (AvgIpc) is 3.22. The lowest BCUT2D eigenvalue weighted by Crippen LogP contribution is -2.39. The van der Waals surface area contributed by atoms with E-state index in [1.807, 2.05) is 24.3 Å². The molecule has 0 aliphatic carbocycles. The first-order valence-corrected chi connectivity index (χ1v) is 9.41. The van der Waals surface area contributed by atoms with Gasteiger partial charge in [0.15, 0.2) is 5.69 Å². The Hall–Kier alpha value is -3.22. The molecule has 0 N–H and O–H groups in total. The van der Waals surface area contributed by atoms with Gasteiger partial charge in [-0.3, -0.25) is 4.79 Å². The van der Waals surface area contributed by atoms with Gasteiger partial charge < -0.3 is 14.1 Å². The number of rotatable bonds is 5. The SMILES string of the molecule is COc1cccc(Cc2cnc(C3CCCCN3C(=O)c3cccnn3)o2)c1. The highest BCUT2D eigenvalue weighted by Gasteiger charge is 2.32. The average molecular weight is 378 g/mol. The van der Waals surface area contributed by atoms with Crippen LogP contribution in [0.1, 0.15) is 53.0 Å². The molecule has 1 saturated heterocycles. The van der Waals surface area contributed by atoms with Crippen molar-refractivity contribution < 1.29 is 13.9 Å². The molecule has 0 radical (unpaired) electrons. The quantitative estimate of drug-likeness (QED) is 0.677. The van der Waals surface area contributed by atoms with Crippen molar-refractivity contribution in [3.05, 3.63) is 71.7 Å². The number of nitrogens with zero attached hydrogens (tertiary/aromatic N) is 4. The van der Waals surface area contributed by atoms with Crippen molar-refractivity contribution in [2.45, 2.75) is 31.7 Å². The lowest BCUT2D eigenvalue weighted by atomic mass is 10.0. The van der Waals surface area contributed by atoms with Gasteiger partial charge in [-0.25, -0.2) is 4.98 Å². The smallest absolute Gasteiger partial charge is 0.275 e. The van der Waals surface area contributed by atoms with E-state index < -0.39 is 0 Å². The van der Waals surface area contributed by atoms with Gasteiger partial charge in [0, 0.05) is 19.2 Å². The molecule has 1 aromatic carbocycles. The second kappa shape index (κ2) is 8.21. The number of ether oxygens (including phenoxy) is 1. The van der Waals surface area contributed by atoms with Gasteiger partial charge in [-0.2, -0.15) is 5.10 Å². The molecule has 7 nitrogen and oxygen atoms in total. The molecule has 0 saturated carbocycles. The molecule has 28 heavy (non-hydrogen) atoms. The first-order chi connectivity index (χ1) is 13.7. The maximum absolute atomic E-state index is 12.9. The third-order valence-corrected chi connectivity index (χ3v) is 4.92. The Morgan fingerprint density at radius 2 is 2.21 bits per heavy atom. The number of oxazole rings is 1. The van der Waals surface area contributed by atoms with Crippen LogP contribution in [-0.2, 0) is 6.42 Å². The van der Waals surface area contributed by atoms with Gasteiger partial charge in [0.25, 0.3) is 5.91 Å². The zero-order chi connectivity index (χ0) is 19.3. The second-order valence-corrected chi connectivity index (χ2v) is 6.81. The van der Waals surface area contributed by atoms with Gasteiger partial charge in [-0.1, -0.05) is 12.1 Å². The summed E-state index contributed by atoms with van der Waals surface area (Å²) in [4.78, 5) is 19.2. The van der Waals surface area contributed by atoms with Crippen molar-refractivity contribution in [1.82, 2.24) is 20.1 Å². The monoisotopic (exact) mass is 378 g/mol. The van der Waals surface area contributed by atoms with Crippen molar-refractivity contribution in [2.24, 2.45) is 0 Å². The number of methoxy groups -OCH3 is 1. The van der Waals surface area contributed by atoms with Crippen LogP contribution in [-0.4, -0.2) is 39.6 Å². The summed E-state index contributed by atoms with van der Waals surface area (Å²) >= 11 is 0. The minimum Gasteiger partial charge on any atom is -0.497 e. The van der Waals surface area contributed by atoms with Gasteiger partial charge in [-0.05, 0) is 49.1 Å². The molecule has 0 bridgehead atoms. The molecule has 1 fully saturated rings. The van der Waals surface area contributed by atoms with Crippen LogP contribution in [0.3, 0.4) is 0 Å². The topological polar surface area (TPSA) is 81.4 Å². The Balaban J connectivity index is 1.53. The van der Waals surface area contributed by atoms with Gasteiger partial charge in [0.2, 0.25) is 5.89 Å². The Labute approximate surface area is 163 Å². The Kier molecular flexibility index (Phi) is 5.32. The highest BCUT2D eigenvalue weighted by Crippen LogP contribution is 2.32. The van der Waals surface area contributed by atoms with Crippen LogP contribution in [0.25, 0.3) is 0 Å². The lowest BCUT2D eigenvalue weighted by Gasteiger charge is -2.33. The molecule has 1 aliphatic rings. The van der Waals surface area contributed by atoms with E-state index in [1.54, 1.807) is 36.5 Å². The molecule has 4 rings (SSSR count). The molecule has 1 aliphatic heterocycles. The molecular formula is C21H22N4O3. The predicted octanol–water partition coefficient (Wildman–Crippen LogP) is 3.43. The van der Waals surface area contributed by atoms with Crippen LogP contribution in [0.4, 0.5) is 0 Å². The third-order valence-electron chi connectivity index (χ3n) is 4.92. The first kappa shape index (κ1) is 18.2. The summed E-state index contributed by atoms with van der Waals surface area (Å²) < 4.78 is 11.3. The Morgan fingerprint density at radius 3 is 3.04 bits per heavy atom. The largest absolute Gasteiger partial charge is 0.497 e. The number of aromatic nitrogens is 3. The summed E-state index contributed by atoms with van der Waals surface area (Å²) in [6.07, 6.45) is 6.74. The summed E-state index contributed by atoms with van der Waals surface area (Å²) in [5.74, 6) is 2.02. The number of hydrogen-bond acceptors (Lipinski definition) is 6. The third kappa shape index (κ3) is 3.88. The lowest BCUT2D eigenvalue weighted by molar-refractivity contribution is 0.0562. The summed E-state index contributed by atoms with van der Waals surface area (Å²) in [6, 6.07) is 11.1. The highest BCUT2D eigenvalue weighted by atomic mass is 16.5. The van der Waals surface area contributed by atoms with Crippen LogP contribution >= 0.6 is 0 Å². The molecule has 1 unspecified atom stereocenters. The van der Waals surface area contributed by atoms with Gasteiger partial charge >= 0.3 is 0 Å². The number of benzene rings is 1. The molecule has 0 spiro atoms. The van der Waals surface area contributed by atoms with Crippen LogP contribution in [0, 0.1) is 0 Å². The molecule has 7 heteroatoms. The van der Waals surface area contributed by atoms with E-state index in [2.05, 4.69) is 15.2 Å². The molecule has 3 heterocycles. The van der Waals surface area contributed by atoms with E-state index in [0.29, 0.717) is 24.6 Å². The molecule has 3 aromatic rings. The van der Waals surface area contributed by atoms with Crippen molar-refractivity contribution in [3.8, 4) is 5.75 Å². The van der Waals surface area contributed by atoms with E-state index in [1.165, 1.54) is 0 Å². The summed E-state index contributed by atoms with van der Waals surface area (Å²) in [6.45, 7) is 0.660. The molecular weight excluding hydrogens is 356 g/mol. The fraction of sp³-hybridized carbons (Fsp3) is 0.333. The fourth-order valence-electron chi connectivity index (χ4n) is 3.54. The fourth-order valence-corrected chi connectivity index (χ4v) is 3.54. The van der Waals surface area contributed by atoms with Crippen LogP contribution in [0.15, 0.2) is 53.2 Å². The highest BCUT2D eigenvalue weighted by molar-refractivity contribution is 5.92. The standard InChI is InChI=1S/C21H22N4O3/c1-27-16-7-4-6-15(12-16)13-17-14-22-20(28-17)19-9-2-3-11-25(19)21(26)18-8-5-10-23-24-18/h4-8,10,12,14,19H,2-3,9,11,13H2,1H3. The zero-order valence-corrected chi connectivity index (χ0v) is 15.7.